The predicted molar refractivity (Wildman–Crippen MR) is 60.0 cm³/mol. The monoisotopic (exact) mass is 241 g/mol. The van der Waals surface area contributed by atoms with Crippen molar-refractivity contribution in [3.8, 4) is 11.5 Å². The number of amides is 1. The van der Waals surface area contributed by atoms with E-state index >= 15 is 0 Å². The third kappa shape index (κ3) is 4.20. The highest BCUT2D eigenvalue weighted by molar-refractivity contribution is 5.64. The maximum Gasteiger partial charge on any atom is 0.404 e. The molecule has 0 fully saturated rings. The molecule has 0 spiro atoms. The maximum atomic E-state index is 10.5. The molecule has 17 heavy (non-hydrogen) atoms. The number of para-hydroxylation sites is 2. The van der Waals surface area contributed by atoms with E-state index in [2.05, 4.69) is 4.74 Å². The zero-order valence-electron chi connectivity index (χ0n) is 9.46. The van der Waals surface area contributed by atoms with E-state index in [9.17, 15) is 4.79 Å². The quantitative estimate of drug-likeness (QED) is 0.758. The molecule has 1 atom stereocenters. The molecule has 0 bridgehead atoms. The summed E-state index contributed by atoms with van der Waals surface area (Å²) >= 11 is 0. The van der Waals surface area contributed by atoms with Crippen molar-refractivity contribution in [3.63, 3.8) is 0 Å². The number of ether oxygens (including phenoxy) is 3. The number of rotatable bonds is 6. The Morgan fingerprint density at radius 2 is 2.06 bits per heavy atom. The van der Waals surface area contributed by atoms with Crippen LogP contribution in [0.5, 0.6) is 11.5 Å². The molecule has 0 saturated carbocycles. The van der Waals surface area contributed by atoms with Gasteiger partial charge in [0.1, 0.15) is 6.61 Å². The number of aliphatic hydroxyl groups excluding tert-OH is 1. The fourth-order valence-electron chi connectivity index (χ4n) is 1.21. The fourth-order valence-corrected chi connectivity index (χ4v) is 1.21. The number of nitrogens with two attached hydrogens (primary N) is 1. The van der Waals surface area contributed by atoms with Crippen LogP contribution in [0.1, 0.15) is 0 Å². The highest BCUT2D eigenvalue weighted by atomic mass is 16.6. The lowest BCUT2D eigenvalue weighted by Gasteiger charge is -2.16. The topological polar surface area (TPSA) is 91.0 Å². The first-order valence-electron chi connectivity index (χ1n) is 5.00. The van der Waals surface area contributed by atoms with Gasteiger partial charge in [-0.1, -0.05) is 12.1 Å². The second kappa shape index (κ2) is 6.59. The SMILES string of the molecule is COc1ccccc1OCC(CO)OC(N)=O. The summed E-state index contributed by atoms with van der Waals surface area (Å²) in [4.78, 5) is 10.5. The van der Waals surface area contributed by atoms with Gasteiger partial charge in [-0.3, -0.25) is 0 Å². The molecule has 3 N–H and O–H groups in total. The Labute approximate surface area is 98.9 Å². The van der Waals surface area contributed by atoms with Gasteiger partial charge in [0.05, 0.1) is 13.7 Å². The van der Waals surface area contributed by atoms with Crippen molar-refractivity contribution in [2.75, 3.05) is 20.3 Å². The average molecular weight is 241 g/mol. The highest BCUT2D eigenvalue weighted by Gasteiger charge is 2.13. The number of primary amides is 1. The molecule has 1 rings (SSSR count). The van der Waals surface area contributed by atoms with E-state index < -0.39 is 12.2 Å². The summed E-state index contributed by atoms with van der Waals surface area (Å²) in [6.45, 7) is -0.363. The third-order valence-corrected chi connectivity index (χ3v) is 1.98. The van der Waals surface area contributed by atoms with E-state index in [1.54, 1.807) is 24.3 Å². The van der Waals surface area contributed by atoms with Crippen LogP contribution in [0.3, 0.4) is 0 Å². The van der Waals surface area contributed by atoms with Crippen LogP contribution < -0.4 is 15.2 Å². The summed E-state index contributed by atoms with van der Waals surface area (Å²) in [7, 11) is 1.52. The number of hydrogen-bond donors (Lipinski definition) is 2. The molecule has 6 heteroatoms. The molecular weight excluding hydrogens is 226 g/mol. The van der Waals surface area contributed by atoms with Gasteiger partial charge in [0.15, 0.2) is 17.6 Å². The van der Waals surface area contributed by atoms with Crippen molar-refractivity contribution in [2.45, 2.75) is 6.10 Å². The lowest BCUT2D eigenvalue weighted by atomic mass is 10.3. The van der Waals surface area contributed by atoms with Gasteiger partial charge in [-0.05, 0) is 12.1 Å². The molecule has 1 aromatic rings. The predicted octanol–water partition coefficient (Wildman–Crippen LogP) is 0.530. The van der Waals surface area contributed by atoms with Crippen molar-refractivity contribution < 1.29 is 24.1 Å². The van der Waals surface area contributed by atoms with Gasteiger partial charge in [0, 0.05) is 0 Å². The number of aliphatic hydroxyl groups is 1. The number of benzene rings is 1. The Morgan fingerprint density at radius 1 is 1.41 bits per heavy atom. The standard InChI is InChI=1S/C11H15NO5/c1-15-9-4-2-3-5-10(9)16-7-8(6-13)17-11(12)14/h2-5,8,13H,6-7H2,1H3,(H2,12,14). The summed E-state index contributed by atoms with van der Waals surface area (Å²) in [6, 6.07) is 7.02. The van der Waals surface area contributed by atoms with E-state index in [0.29, 0.717) is 11.5 Å². The van der Waals surface area contributed by atoms with Crippen LogP contribution in [0.2, 0.25) is 0 Å². The molecular formula is C11H15NO5. The highest BCUT2D eigenvalue weighted by Crippen LogP contribution is 2.25. The first-order chi connectivity index (χ1) is 8.17. The Balaban J connectivity index is 2.56. The summed E-state index contributed by atoms with van der Waals surface area (Å²) in [5.41, 5.74) is 4.84. The smallest absolute Gasteiger partial charge is 0.404 e. The van der Waals surface area contributed by atoms with Gasteiger partial charge < -0.3 is 25.1 Å². The molecule has 0 aliphatic rings. The summed E-state index contributed by atoms with van der Waals surface area (Å²) in [5.74, 6) is 1.06. The van der Waals surface area contributed by atoms with E-state index in [-0.39, 0.29) is 13.2 Å². The molecule has 0 aromatic heterocycles. The van der Waals surface area contributed by atoms with Crippen LogP contribution in [-0.4, -0.2) is 37.6 Å². The fraction of sp³-hybridized carbons (Fsp3) is 0.364. The first kappa shape index (κ1) is 13.1. The second-order valence-corrected chi connectivity index (χ2v) is 3.20. The van der Waals surface area contributed by atoms with Gasteiger partial charge >= 0.3 is 6.09 Å². The molecule has 1 aromatic carbocycles. The van der Waals surface area contributed by atoms with Crippen LogP contribution >= 0.6 is 0 Å². The summed E-state index contributed by atoms with van der Waals surface area (Å²) < 4.78 is 15.1. The van der Waals surface area contributed by atoms with Gasteiger partial charge in [0.25, 0.3) is 0 Å². The number of carbonyl (C=O) groups excluding carboxylic acids is 1. The summed E-state index contributed by atoms with van der Waals surface area (Å²) in [6.07, 6.45) is -1.75. The largest absolute Gasteiger partial charge is 0.493 e. The van der Waals surface area contributed by atoms with Crippen molar-refractivity contribution >= 4 is 6.09 Å². The van der Waals surface area contributed by atoms with Gasteiger partial charge in [-0.15, -0.1) is 0 Å². The van der Waals surface area contributed by atoms with E-state index in [1.165, 1.54) is 7.11 Å². The van der Waals surface area contributed by atoms with E-state index in [1.807, 2.05) is 0 Å². The van der Waals surface area contributed by atoms with Crippen LogP contribution in [0.25, 0.3) is 0 Å². The normalized spacial score (nSPS) is 11.6. The Kier molecular flexibility index (Phi) is 5.09. The molecule has 0 heterocycles. The minimum Gasteiger partial charge on any atom is -0.493 e. The van der Waals surface area contributed by atoms with Crippen LogP contribution in [0, 0.1) is 0 Å². The lowest BCUT2D eigenvalue weighted by Crippen LogP contribution is -2.31. The van der Waals surface area contributed by atoms with Crippen LogP contribution in [0.15, 0.2) is 24.3 Å². The first-order valence-corrected chi connectivity index (χ1v) is 5.00. The molecule has 0 radical (unpaired) electrons. The number of hydrogen-bond acceptors (Lipinski definition) is 5. The van der Waals surface area contributed by atoms with Crippen molar-refractivity contribution in [1.82, 2.24) is 0 Å². The summed E-state index contributed by atoms with van der Waals surface area (Å²) in [5, 5.41) is 8.94. The molecule has 0 aliphatic heterocycles. The zero-order valence-corrected chi connectivity index (χ0v) is 9.46. The van der Waals surface area contributed by atoms with Crippen molar-refractivity contribution in [3.05, 3.63) is 24.3 Å². The molecule has 94 valence electrons. The van der Waals surface area contributed by atoms with Crippen LogP contribution in [-0.2, 0) is 4.74 Å². The minimum absolute atomic E-state index is 0.000185. The zero-order chi connectivity index (χ0) is 12.7. The van der Waals surface area contributed by atoms with Crippen LogP contribution in [0.4, 0.5) is 4.79 Å². The Morgan fingerprint density at radius 3 is 2.59 bits per heavy atom. The third-order valence-electron chi connectivity index (χ3n) is 1.98. The Hall–Kier alpha value is -1.95. The van der Waals surface area contributed by atoms with Gasteiger partial charge in [-0.2, -0.15) is 0 Å². The van der Waals surface area contributed by atoms with E-state index in [4.69, 9.17) is 20.3 Å². The number of carbonyl (C=O) groups is 1. The average Bonchev–Trinajstić information content (AvgIpc) is 2.34. The van der Waals surface area contributed by atoms with E-state index in [0.717, 1.165) is 0 Å². The van der Waals surface area contributed by atoms with Crippen molar-refractivity contribution in [2.24, 2.45) is 5.73 Å². The molecule has 1 unspecified atom stereocenters. The molecule has 0 saturated heterocycles. The minimum atomic E-state index is -0.951. The lowest BCUT2D eigenvalue weighted by molar-refractivity contribution is 0.0329. The Bertz CT molecular complexity index is 369. The van der Waals surface area contributed by atoms with Gasteiger partial charge in [-0.25, -0.2) is 4.79 Å². The molecule has 1 amide bonds. The van der Waals surface area contributed by atoms with Gasteiger partial charge in [0.2, 0.25) is 0 Å². The molecule has 0 aliphatic carbocycles. The van der Waals surface area contributed by atoms with Crippen molar-refractivity contribution in [1.29, 1.82) is 0 Å². The second-order valence-electron chi connectivity index (χ2n) is 3.20. The number of methoxy groups -OCH3 is 1. The maximum absolute atomic E-state index is 10.5. The molecule has 6 nitrogen and oxygen atoms in total.